The lowest BCUT2D eigenvalue weighted by atomic mass is 10.0. The van der Waals surface area contributed by atoms with Crippen LogP contribution in [0.4, 0.5) is 26.3 Å². The first-order valence-corrected chi connectivity index (χ1v) is 3.86. The fourth-order valence-electron chi connectivity index (χ4n) is 0.775. The molecule has 1 nitrogen and oxygen atoms in total. The third-order valence-electron chi connectivity index (χ3n) is 1.65. The van der Waals surface area contributed by atoms with E-state index in [9.17, 15) is 26.3 Å². The fraction of sp³-hybridized carbons (Fsp3) is 1.00. The molecule has 0 unspecified atom stereocenters. The van der Waals surface area contributed by atoms with E-state index in [1.807, 2.05) is 0 Å². The van der Waals surface area contributed by atoms with Crippen molar-refractivity contribution < 1.29 is 31.1 Å². The molecule has 84 valence electrons. The highest BCUT2D eigenvalue weighted by molar-refractivity contribution is 6.48. The van der Waals surface area contributed by atoms with E-state index in [0.29, 0.717) is 0 Å². The fourth-order valence-corrected chi connectivity index (χ4v) is 1.12. The topological polar surface area (TPSA) is 9.23 Å². The van der Waals surface area contributed by atoms with Gasteiger partial charge in [-0.25, -0.2) is 0 Å². The second kappa shape index (κ2) is 2.82. The van der Waals surface area contributed by atoms with Crippen molar-refractivity contribution >= 4 is 23.2 Å². The molecule has 9 heteroatoms. The SMILES string of the molecule is FC1(F)COC(Cl)(Cl)C(F)(F)C1(F)F. The third kappa shape index (κ3) is 1.29. The summed E-state index contributed by atoms with van der Waals surface area (Å²) in [6, 6.07) is 0. The van der Waals surface area contributed by atoms with E-state index in [0.717, 1.165) is 0 Å². The first kappa shape index (κ1) is 12.2. The van der Waals surface area contributed by atoms with Crippen LogP contribution in [0.1, 0.15) is 0 Å². The van der Waals surface area contributed by atoms with Gasteiger partial charge in [0.1, 0.15) is 6.61 Å². The van der Waals surface area contributed by atoms with E-state index in [4.69, 9.17) is 0 Å². The zero-order valence-corrected chi connectivity index (χ0v) is 7.65. The van der Waals surface area contributed by atoms with Crippen LogP contribution in [-0.2, 0) is 4.74 Å². The summed E-state index contributed by atoms with van der Waals surface area (Å²) < 4.78 is 74.9. The normalized spacial score (nSPS) is 32.6. The molecule has 0 N–H and O–H groups in total. The zero-order chi connectivity index (χ0) is 11.4. The lowest BCUT2D eigenvalue weighted by Crippen LogP contribution is -2.68. The Balaban J connectivity index is 3.20. The van der Waals surface area contributed by atoms with E-state index >= 15 is 0 Å². The van der Waals surface area contributed by atoms with Crippen molar-refractivity contribution in [1.29, 1.82) is 0 Å². The molecule has 1 heterocycles. The van der Waals surface area contributed by atoms with Crippen molar-refractivity contribution in [2.45, 2.75) is 22.3 Å². The van der Waals surface area contributed by atoms with Gasteiger partial charge < -0.3 is 4.74 Å². The van der Waals surface area contributed by atoms with Crippen LogP contribution in [-0.4, -0.2) is 28.9 Å². The van der Waals surface area contributed by atoms with Crippen molar-refractivity contribution in [3.8, 4) is 0 Å². The van der Waals surface area contributed by atoms with Gasteiger partial charge in [0.25, 0.3) is 4.52 Å². The van der Waals surface area contributed by atoms with Crippen LogP contribution in [0.3, 0.4) is 0 Å². The molecule has 0 amide bonds. The predicted octanol–water partition coefficient (Wildman–Crippen LogP) is 3.05. The van der Waals surface area contributed by atoms with E-state index in [1.54, 1.807) is 0 Å². The van der Waals surface area contributed by atoms with Crippen LogP contribution >= 0.6 is 23.2 Å². The van der Waals surface area contributed by atoms with Crippen LogP contribution in [0.15, 0.2) is 0 Å². The molecule has 0 radical (unpaired) electrons. The molecule has 0 aliphatic carbocycles. The van der Waals surface area contributed by atoms with Crippen molar-refractivity contribution in [3.05, 3.63) is 0 Å². The summed E-state index contributed by atoms with van der Waals surface area (Å²) in [4.78, 5) is 0. The minimum atomic E-state index is -5.65. The van der Waals surface area contributed by atoms with Gasteiger partial charge in [-0.1, -0.05) is 23.2 Å². The molecule has 0 spiro atoms. The lowest BCUT2D eigenvalue weighted by molar-refractivity contribution is -0.378. The Morgan fingerprint density at radius 1 is 0.857 bits per heavy atom. The van der Waals surface area contributed by atoms with Gasteiger partial charge in [0.05, 0.1) is 0 Å². The standard InChI is InChI=1S/C5H2Cl2F6O/c6-5(7)4(12,13)3(10,11)2(8,9)1-14-5/h1H2. The molecular formula is C5H2Cl2F6O. The van der Waals surface area contributed by atoms with Gasteiger partial charge in [0.2, 0.25) is 0 Å². The molecule has 0 saturated carbocycles. The first-order chi connectivity index (χ1) is 5.96. The zero-order valence-electron chi connectivity index (χ0n) is 6.14. The molecule has 0 aromatic carbocycles. The second-order valence-electron chi connectivity index (χ2n) is 2.66. The quantitative estimate of drug-likeness (QED) is 0.482. The van der Waals surface area contributed by atoms with Crippen LogP contribution in [0.25, 0.3) is 0 Å². The monoisotopic (exact) mass is 262 g/mol. The third-order valence-corrected chi connectivity index (χ3v) is 2.35. The van der Waals surface area contributed by atoms with Crippen molar-refractivity contribution in [3.63, 3.8) is 0 Å². The predicted molar refractivity (Wildman–Crippen MR) is 35.2 cm³/mol. The Labute approximate surface area is 83.9 Å². The number of alkyl halides is 8. The van der Waals surface area contributed by atoms with Crippen LogP contribution in [0.5, 0.6) is 0 Å². The van der Waals surface area contributed by atoms with Crippen LogP contribution < -0.4 is 0 Å². The molecule has 0 atom stereocenters. The first-order valence-electron chi connectivity index (χ1n) is 3.11. The summed E-state index contributed by atoms with van der Waals surface area (Å²) in [6.45, 7) is -1.97. The summed E-state index contributed by atoms with van der Waals surface area (Å²) in [7, 11) is 0. The molecule has 1 aliphatic rings. The molecule has 0 aromatic rings. The van der Waals surface area contributed by atoms with E-state index in [1.165, 1.54) is 0 Å². The van der Waals surface area contributed by atoms with Gasteiger partial charge in [0, 0.05) is 0 Å². The Bertz CT molecular complexity index is 227. The molecule has 1 aliphatic heterocycles. The van der Waals surface area contributed by atoms with Gasteiger partial charge in [-0.15, -0.1) is 0 Å². The van der Waals surface area contributed by atoms with Crippen LogP contribution in [0.2, 0.25) is 0 Å². The van der Waals surface area contributed by atoms with Gasteiger partial charge in [-0.2, -0.15) is 26.3 Å². The number of hydrogen-bond acceptors (Lipinski definition) is 1. The Hall–Kier alpha value is 0.120. The largest absolute Gasteiger partial charge is 0.380 e. The van der Waals surface area contributed by atoms with Crippen molar-refractivity contribution in [2.24, 2.45) is 0 Å². The summed E-state index contributed by atoms with van der Waals surface area (Å²) in [6.07, 6.45) is 0. The molecule has 0 aromatic heterocycles. The Kier molecular flexibility index (Phi) is 2.46. The van der Waals surface area contributed by atoms with Gasteiger partial charge in [0.15, 0.2) is 0 Å². The van der Waals surface area contributed by atoms with Gasteiger partial charge >= 0.3 is 17.8 Å². The Morgan fingerprint density at radius 3 is 1.64 bits per heavy atom. The molecule has 1 saturated heterocycles. The molecule has 1 rings (SSSR count). The molecule has 0 bridgehead atoms. The minimum absolute atomic E-state index is 1.97. The number of rotatable bonds is 0. The van der Waals surface area contributed by atoms with E-state index < -0.39 is 28.9 Å². The average Bonchev–Trinajstić information content (AvgIpc) is 1.98. The van der Waals surface area contributed by atoms with Crippen molar-refractivity contribution in [1.82, 2.24) is 0 Å². The highest BCUT2D eigenvalue weighted by Gasteiger charge is 2.82. The van der Waals surface area contributed by atoms with Gasteiger partial charge in [-0.3, -0.25) is 0 Å². The van der Waals surface area contributed by atoms with Crippen LogP contribution in [0, 0.1) is 0 Å². The Morgan fingerprint density at radius 2 is 1.29 bits per heavy atom. The summed E-state index contributed by atoms with van der Waals surface area (Å²) in [5.41, 5.74) is 0. The minimum Gasteiger partial charge on any atom is -0.335 e. The number of ether oxygens (including phenoxy) is 1. The van der Waals surface area contributed by atoms with Gasteiger partial charge in [-0.05, 0) is 0 Å². The number of hydrogen-bond donors (Lipinski definition) is 0. The van der Waals surface area contributed by atoms with E-state index in [2.05, 4.69) is 27.9 Å². The maximum Gasteiger partial charge on any atom is 0.380 e. The molecule has 1 fully saturated rings. The average molecular weight is 263 g/mol. The highest BCUT2D eigenvalue weighted by Crippen LogP contribution is 2.58. The lowest BCUT2D eigenvalue weighted by Gasteiger charge is -2.43. The maximum atomic E-state index is 12.6. The summed E-state index contributed by atoms with van der Waals surface area (Å²) in [5, 5.41) is 0. The molecular weight excluding hydrogens is 261 g/mol. The summed E-state index contributed by atoms with van der Waals surface area (Å²) >= 11 is 9.31. The second-order valence-corrected chi connectivity index (χ2v) is 3.92. The smallest absolute Gasteiger partial charge is 0.335 e. The highest BCUT2D eigenvalue weighted by atomic mass is 35.5. The number of halogens is 8. The maximum absolute atomic E-state index is 12.6. The molecule has 14 heavy (non-hydrogen) atoms. The van der Waals surface area contributed by atoms with E-state index in [-0.39, 0.29) is 0 Å². The summed E-state index contributed by atoms with van der Waals surface area (Å²) in [5.74, 6) is -16.0. The van der Waals surface area contributed by atoms with Crippen molar-refractivity contribution in [2.75, 3.05) is 6.61 Å².